The number of carbonyl (C=O) groups is 3. The van der Waals surface area contributed by atoms with E-state index in [0.717, 1.165) is 43.4 Å². The standard InChI is InChI=1S/C27H25N3O5/c31-25(17-8-6-11-19(15-17)30(34)35)24-23-22(21-14-13-16-7-4-5-12-20(16)29(21)24)26(32)28(27(23)33)18-9-2-1-3-10-18/h4-8,11-15,18,21-24H,1-3,9-10H2. The minimum Gasteiger partial charge on any atom is -0.352 e. The number of anilines is 1. The van der Waals surface area contributed by atoms with Gasteiger partial charge in [-0.15, -0.1) is 0 Å². The fourth-order valence-corrected chi connectivity index (χ4v) is 6.48. The normalized spacial score (nSPS) is 27.5. The number of amides is 2. The maximum absolute atomic E-state index is 14.0. The lowest BCUT2D eigenvalue weighted by atomic mass is 9.86. The maximum atomic E-state index is 14.0. The van der Waals surface area contributed by atoms with Gasteiger partial charge in [0.2, 0.25) is 11.8 Å². The number of imide groups is 1. The summed E-state index contributed by atoms with van der Waals surface area (Å²) >= 11 is 0. The van der Waals surface area contributed by atoms with Crippen LogP contribution in [0.2, 0.25) is 0 Å². The maximum Gasteiger partial charge on any atom is 0.270 e. The first-order valence-electron chi connectivity index (χ1n) is 12.2. The summed E-state index contributed by atoms with van der Waals surface area (Å²) in [6.07, 6.45) is 8.54. The van der Waals surface area contributed by atoms with Crippen molar-refractivity contribution in [1.29, 1.82) is 0 Å². The number of fused-ring (bicyclic) bond motifs is 5. The molecule has 2 saturated heterocycles. The summed E-state index contributed by atoms with van der Waals surface area (Å²) in [5, 5.41) is 11.4. The second-order valence-electron chi connectivity index (χ2n) is 9.82. The van der Waals surface area contributed by atoms with Crippen molar-refractivity contribution in [3.05, 3.63) is 75.8 Å². The summed E-state index contributed by atoms with van der Waals surface area (Å²) in [6, 6.07) is 11.8. The van der Waals surface area contributed by atoms with Gasteiger partial charge in [-0.2, -0.15) is 0 Å². The smallest absolute Gasteiger partial charge is 0.270 e. The van der Waals surface area contributed by atoms with Crippen LogP contribution in [0.3, 0.4) is 0 Å². The topological polar surface area (TPSA) is 101 Å². The average molecular weight is 472 g/mol. The molecule has 178 valence electrons. The quantitative estimate of drug-likeness (QED) is 0.289. The molecule has 0 N–H and O–H groups in total. The summed E-state index contributed by atoms with van der Waals surface area (Å²) in [7, 11) is 0. The summed E-state index contributed by atoms with van der Waals surface area (Å²) in [5.41, 5.74) is 1.69. The van der Waals surface area contributed by atoms with Crippen molar-refractivity contribution in [3.63, 3.8) is 0 Å². The third kappa shape index (κ3) is 3.23. The Labute approximate surface area is 202 Å². The summed E-state index contributed by atoms with van der Waals surface area (Å²) < 4.78 is 0. The number of ketones is 1. The summed E-state index contributed by atoms with van der Waals surface area (Å²) in [6.45, 7) is 0. The molecule has 4 aliphatic rings. The number of nitro groups is 1. The number of Topliss-reactive ketones (excluding diaryl/α,β-unsaturated/α-hetero) is 1. The molecule has 2 aromatic carbocycles. The Hall–Kier alpha value is -3.81. The predicted molar refractivity (Wildman–Crippen MR) is 129 cm³/mol. The molecule has 8 heteroatoms. The Morgan fingerprint density at radius 2 is 1.69 bits per heavy atom. The molecular formula is C27H25N3O5. The first kappa shape index (κ1) is 21.7. The predicted octanol–water partition coefficient (Wildman–Crippen LogP) is 4.00. The highest BCUT2D eigenvalue weighted by atomic mass is 16.6. The van der Waals surface area contributed by atoms with Crippen molar-refractivity contribution in [3.8, 4) is 0 Å². The van der Waals surface area contributed by atoms with Gasteiger partial charge < -0.3 is 4.90 Å². The van der Waals surface area contributed by atoms with Gasteiger partial charge in [0.1, 0.15) is 6.04 Å². The van der Waals surface area contributed by atoms with Crippen molar-refractivity contribution < 1.29 is 19.3 Å². The number of carbonyl (C=O) groups excluding carboxylic acids is 3. The lowest BCUT2D eigenvalue weighted by Gasteiger charge is -2.38. The first-order valence-corrected chi connectivity index (χ1v) is 12.2. The second kappa shape index (κ2) is 8.15. The molecule has 35 heavy (non-hydrogen) atoms. The Bertz CT molecular complexity index is 1280. The van der Waals surface area contributed by atoms with Gasteiger partial charge in [-0.25, -0.2) is 0 Å². The van der Waals surface area contributed by atoms with Crippen LogP contribution in [0.5, 0.6) is 0 Å². The number of rotatable bonds is 4. The molecule has 2 aromatic rings. The fraction of sp³-hybridized carbons (Fsp3) is 0.370. The van der Waals surface area contributed by atoms with Gasteiger partial charge in [0, 0.05) is 29.4 Å². The van der Waals surface area contributed by atoms with Crippen LogP contribution in [0.4, 0.5) is 11.4 Å². The number of non-ortho nitro benzene ring substituents is 1. The van der Waals surface area contributed by atoms with E-state index in [4.69, 9.17) is 0 Å². The van der Waals surface area contributed by atoms with Crippen LogP contribution in [0, 0.1) is 22.0 Å². The zero-order valence-corrected chi connectivity index (χ0v) is 19.1. The molecule has 0 spiro atoms. The van der Waals surface area contributed by atoms with Crippen LogP contribution >= 0.6 is 0 Å². The highest BCUT2D eigenvalue weighted by Gasteiger charge is 2.64. The molecule has 4 atom stereocenters. The van der Waals surface area contributed by atoms with E-state index < -0.39 is 28.8 Å². The van der Waals surface area contributed by atoms with E-state index in [1.807, 2.05) is 41.3 Å². The van der Waals surface area contributed by atoms with Gasteiger partial charge in [-0.05, 0) is 24.5 Å². The van der Waals surface area contributed by atoms with Crippen molar-refractivity contribution in [2.75, 3.05) is 4.90 Å². The molecule has 8 nitrogen and oxygen atoms in total. The number of nitrogens with zero attached hydrogens (tertiary/aromatic N) is 3. The molecule has 1 saturated carbocycles. The number of para-hydroxylation sites is 1. The van der Waals surface area contributed by atoms with E-state index in [9.17, 15) is 24.5 Å². The van der Waals surface area contributed by atoms with Gasteiger partial charge in [0.25, 0.3) is 5.69 Å². The van der Waals surface area contributed by atoms with Gasteiger partial charge in [-0.1, -0.05) is 61.7 Å². The molecule has 4 unspecified atom stereocenters. The van der Waals surface area contributed by atoms with E-state index in [1.165, 1.54) is 23.1 Å². The molecular weight excluding hydrogens is 446 g/mol. The molecule has 6 rings (SSSR count). The number of hydrogen-bond acceptors (Lipinski definition) is 6. The van der Waals surface area contributed by atoms with Gasteiger partial charge in [-0.3, -0.25) is 29.4 Å². The van der Waals surface area contributed by atoms with Crippen molar-refractivity contribution in [2.24, 2.45) is 11.8 Å². The number of likely N-dealkylation sites (tertiary alicyclic amines) is 1. The molecule has 3 heterocycles. The molecule has 3 aliphatic heterocycles. The molecule has 0 radical (unpaired) electrons. The Morgan fingerprint density at radius 3 is 2.46 bits per heavy atom. The van der Waals surface area contributed by atoms with Crippen LogP contribution in [-0.2, 0) is 9.59 Å². The van der Waals surface area contributed by atoms with Gasteiger partial charge in [0.05, 0.1) is 22.8 Å². The van der Waals surface area contributed by atoms with Crippen molar-refractivity contribution in [1.82, 2.24) is 4.90 Å². The minimum atomic E-state index is -0.914. The fourth-order valence-electron chi connectivity index (χ4n) is 6.48. The van der Waals surface area contributed by atoms with Crippen LogP contribution in [0.15, 0.2) is 54.6 Å². The highest BCUT2D eigenvalue weighted by molar-refractivity contribution is 6.14. The number of hydrogen-bond donors (Lipinski definition) is 0. The number of nitro benzene ring substituents is 1. The second-order valence-corrected chi connectivity index (χ2v) is 9.82. The average Bonchev–Trinajstić information content (AvgIpc) is 3.36. The molecule has 0 aromatic heterocycles. The van der Waals surface area contributed by atoms with E-state index >= 15 is 0 Å². The molecule has 2 amide bonds. The zero-order valence-electron chi connectivity index (χ0n) is 19.1. The van der Waals surface area contributed by atoms with Gasteiger partial charge >= 0.3 is 0 Å². The lowest BCUT2D eigenvalue weighted by Crippen LogP contribution is -2.51. The largest absolute Gasteiger partial charge is 0.352 e. The third-order valence-corrected chi connectivity index (χ3v) is 8.00. The van der Waals surface area contributed by atoms with Gasteiger partial charge in [0.15, 0.2) is 5.78 Å². The first-order chi connectivity index (χ1) is 17.0. The Balaban J connectivity index is 1.46. The highest BCUT2D eigenvalue weighted by Crippen LogP contribution is 2.50. The Kier molecular flexibility index (Phi) is 5.05. The summed E-state index contributed by atoms with van der Waals surface area (Å²) in [4.78, 5) is 55.8. The monoisotopic (exact) mass is 471 g/mol. The molecule has 0 bridgehead atoms. The van der Waals surface area contributed by atoms with Crippen molar-refractivity contribution in [2.45, 2.75) is 50.2 Å². The van der Waals surface area contributed by atoms with Crippen LogP contribution in [0.1, 0.15) is 48.0 Å². The van der Waals surface area contributed by atoms with Crippen LogP contribution in [-0.4, -0.2) is 45.5 Å². The molecule has 3 fully saturated rings. The van der Waals surface area contributed by atoms with E-state index in [1.54, 1.807) is 6.07 Å². The molecule has 1 aliphatic carbocycles. The van der Waals surface area contributed by atoms with E-state index in [0.29, 0.717) is 0 Å². The van der Waals surface area contributed by atoms with Crippen LogP contribution in [0.25, 0.3) is 6.08 Å². The van der Waals surface area contributed by atoms with Crippen molar-refractivity contribution >= 4 is 35.0 Å². The SMILES string of the molecule is O=C(c1cccc([N+](=O)[O-])c1)C1C2C(=O)N(C3CCCCC3)C(=O)C2C2C=Cc3ccccc3N21. The van der Waals surface area contributed by atoms with E-state index in [2.05, 4.69) is 0 Å². The number of benzene rings is 2. The lowest BCUT2D eigenvalue weighted by molar-refractivity contribution is -0.384. The zero-order chi connectivity index (χ0) is 24.3. The Morgan fingerprint density at radius 1 is 0.943 bits per heavy atom. The third-order valence-electron chi connectivity index (χ3n) is 8.00. The summed E-state index contributed by atoms with van der Waals surface area (Å²) in [5.74, 6) is -2.32. The van der Waals surface area contributed by atoms with Crippen LogP contribution < -0.4 is 4.90 Å². The van der Waals surface area contributed by atoms with E-state index in [-0.39, 0.29) is 34.9 Å². The minimum absolute atomic E-state index is 0.115.